The van der Waals surface area contributed by atoms with Crippen molar-refractivity contribution in [2.24, 2.45) is 5.92 Å². The molecule has 0 radical (unpaired) electrons. The van der Waals surface area contributed by atoms with Crippen LogP contribution in [0.15, 0.2) is 0 Å². The van der Waals surface area contributed by atoms with Crippen molar-refractivity contribution in [2.75, 3.05) is 0 Å². The molecule has 2 rings (SSSR count). The van der Waals surface area contributed by atoms with Gasteiger partial charge in [-0.05, 0) is 18.8 Å². The fourth-order valence-electron chi connectivity index (χ4n) is 1.38. The van der Waals surface area contributed by atoms with Crippen LogP contribution in [-0.2, 0) is 9.53 Å². The van der Waals surface area contributed by atoms with Crippen LogP contribution in [0.3, 0.4) is 0 Å². The first-order valence-corrected chi connectivity index (χ1v) is 4.27. The monoisotopic (exact) mass is 169 g/mol. The lowest BCUT2D eigenvalue weighted by Crippen LogP contribution is -2.24. The van der Waals surface area contributed by atoms with Crippen molar-refractivity contribution in [1.82, 2.24) is 5.32 Å². The maximum absolute atomic E-state index is 11.0. The van der Waals surface area contributed by atoms with Crippen molar-refractivity contribution in [3.63, 3.8) is 0 Å². The summed E-state index contributed by atoms with van der Waals surface area (Å²) in [5.74, 6) is 0.498. The SMILES string of the molecule is O=C1NC(=O)C(CCC2CC2)O1. The van der Waals surface area contributed by atoms with Crippen molar-refractivity contribution in [1.29, 1.82) is 0 Å². The third-order valence-corrected chi connectivity index (χ3v) is 2.30. The number of amides is 2. The lowest BCUT2D eigenvalue weighted by atomic mass is 10.1. The Labute approximate surface area is 70.3 Å². The average Bonchev–Trinajstić information content (AvgIpc) is 2.76. The summed E-state index contributed by atoms with van der Waals surface area (Å²) in [6, 6.07) is 0. The van der Waals surface area contributed by atoms with Crippen LogP contribution in [0.5, 0.6) is 0 Å². The summed E-state index contributed by atoms with van der Waals surface area (Å²) in [7, 11) is 0. The number of carbonyl (C=O) groups excluding carboxylic acids is 2. The van der Waals surface area contributed by atoms with Gasteiger partial charge in [0.15, 0.2) is 6.10 Å². The highest BCUT2D eigenvalue weighted by Crippen LogP contribution is 2.34. The van der Waals surface area contributed by atoms with E-state index in [1.165, 1.54) is 12.8 Å². The Hall–Kier alpha value is -1.06. The van der Waals surface area contributed by atoms with Crippen LogP contribution in [0.25, 0.3) is 0 Å². The van der Waals surface area contributed by atoms with Crippen molar-refractivity contribution >= 4 is 12.0 Å². The van der Waals surface area contributed by atoms with E-state index in [9.17, 15) is 9.59 Å². The predicted molar refractivity (Wildman–Crippen MR) is 40.4 cm³/mol. The molecule has 1 unspecified atom stereocenters. The van der Waals surface area contributed by atoms with E-state index >= 15 is 0 Å². The van der Waals surface area contributed by atoms with Gasteiger partial charge in [0, 0.05) is 0 Å². The molecule has 1 heterocycles. The van der Waals surface area contributed by atoms with Gasteiger partial charge in [0.2, 0.25) is 0 Å². The van der Waals surface area contributed by atoms with Gasteiger partial charge in [0.1, 0.15) is 0 Å². The summed E-state index contributed by atoms with van der Waals surface area (Å²) < 4.78 is 4.75. The van der Waals surface area contributed by atoms with Gasteiger partial charge in [-0.1, -0.05) is 12.8 Å². The number of ether oxygens (including phenoxy) is 1. The summed E-state index contributed by atoms with van der Waals surface area (Å²) >= 11 is 0. The zero-order chi connectivity index (χ0) is 8.55. The molecule has 2 amide bonds. The summed E-state index contributed by atoms with van der Waals surface area (Å²) in [6.45, 7) is 0. The van der Waals surface area contributed by atoms with Gasteiger partial charge >= 0.3 is 6.09 Å². The van der Waals surface area contributed by atoms with Crippen molar-refractivity contribution < 1.29 is 14.3 Å². The van der Waals surface area contributed by atoms with E-state index in [2.05, 4.69) is 5.32 Å². The standard InChI is InChI=1S/C8H11NO3/c10-7-6(12-8(11)9-7)4-3-5-1-2-5/h5-6H,1-4H2,(H,9,10,11). The molecule has 2 fully saturated rings. The minimum absolute atomic E-state index is 0.277. The number of nitrogens with one attached hydrogen (secondary N) is 1. The number of imide groups is 1. The van der Waals surface area contributed by atoms with Gasteiger partial charge in [0.25, 0.3) is 5.91 Å². The molecule has 4 heteroatoms. The maximum Gasteiger partial charge on any atom is 0.414 e. The van der Waals surface area contributed by atoms with Gasteiger partial charge in [0.05, 0.1) is 0 Å². The zero-order valence-electron chi connectivity index (χ0n) is 6.71. The highest BCUT2D eigenvalue weighted by molar-refractivity contribution is 5.99. The molecule has 0 aromatic heterocycles. The fourth-order valence-corrected chi connectivity index (χ4v) is 1.38. The first kappa shape index (κ1) is 7.58. The smallest absolute Gasteiger partial charge is 0.414 e. The molecule has 1 saturated heterocycles. The molecule has 0 bridgehead atoms. The molecule has 0 spiro atoms. The van der Waals surface area contributed by atoms with Crippen LogP contribution < -0.4 is 5.32 Å². The Morgan fingerprint density at radius 1 is 1.33 bits per heavy atom. The van der Waals surface area contributed by atoms with Crippen molar-refractivity contribution in [2.45, 2.75) is 31.8 Å². The van der Waals surface area contributed by atoms with Crippen LogP contribution >= 0.6 is 0 Å². The minimum atomic E-state index is -0.596. The molecule has 0 aromatic rings. The Morgan fingerprint density at radius 3 is 2.58 bits per heavy atom. The Balaban J connectivity index is 1.78. The van der Waals surface area contributed by atoms with Gasteiger partial charge in [-0.25, -0.2) is 4.79 Å². The molecule has 1 atom stereocenters. The van der Waals surface area contributed by atoms with Crippen LogP contribution in [0, 0.1) is 5.92 Å². The molecule has 2 aliphatic rings. The first-order chi connectivity index (χ1) is 5.75. The van der Waals surface area contributed by atoms with E-state index in [0.717, 1.165) is 12.3 Å². The van der Waals surface area contributed by atoms with Gasteiger partial charge in [-0.3, -0.25) is 10.1 Å². The third-order valence-electron chi connectivity index (χ3n) is 2.30. The Kier molecular flexibility index (Phi) is 1.75. The number of carbonyl (C=O) groups is 2. The summed E-state index contributed by atoms with van der Waals surface area (Å²) in [5.41, 5.74) is 0. The summed E-state index contributed by atoms with van der Waals surface area (Å²) in [5, 5.41) is 2.11. The predicted octanol–water partition coefficient (Wildman–Crippen LogP) is 0.812. The zero-order valence-corrected chi connectivity index (χ0v) is 6.71. The second-order valence-electron chi connectivity index (χ2n) is 3.40. The molecular weight excluding hydrogens is 158 g/mol. The van der Waals surface area contributed by atoms with E-state index in [1.54, 1.807) is 0 Å². The van der Waals surface area contributed by atoms with Gasteiger partial charge in [-0.2, -0.15) is 0 Å². The fraction of sp³-hybridized carbons (Fsp3) is 0.750. The Bertz CT molecular complexity index is 222. The highest BCUT2D eigenvalue weighted by atomic mass is 16.6. The molecule has 1 aliphatic carbocycles. The topological polar surface area (TPSA) is 55.4 Å². The quantitative estimate of drug-likeness (QED) is 0.680. The second-order valence-corrected chi connectivity index (χ2v) is 3.40. The van der Waals surface area contributed by atoms with Gasteiger partial charge < -0.3 is 4.74 Å². The summed E-state index contributed by atoms with van der Waals surface area (Å²) in [6.07, 6.45) is 3.11. The number of rotatable bonds is 3. The van der Waals surface area contributed by atoms with E-state index < -0.39 is 12.2 Å². The van der Waals surface area contributed by atoms with Gasteiger partial charge in [-0.15, -0.1) is 0 Å². The molecule has 4 nitrogen and oxygen atoms in total. The van der Waals surface area contributed by atoms with Crippen LogP contribution in [0.4, 0.5) is 4.79 Å². The average molecular weight is 169 g/mol. The van der Waals surface area contributed by atoms with Crippen molar-refractivity contribution in [3.05, 3.63) is 0 Å². The highest BCUT2D eigenvalue weighted by Gasteiger charge is 2.33. The molecule has 1 aliphatic heterocycles. The molecule has 1 N–H and O–H groups in total. The van der Waals surface area contributed by atoms with Crippen LogP contribution in [0.2, 0.25) is 0 Å². The van der Waals surface area contributed by atoms with Crippen LogP contribution in [-0.4, -0.2) is 18.1 Å². The van der Waals surface area contributed by atoms with Crippen LogP contribution in [0.1, 0.15) is 25.7 Å². The number of cyclic esters (lactones) is 1. The molecule has 0 aromatic carbocycles. The van der Waals surface area contributed by atoms with E-state index in [4.69, 9.17) is 4.74 Å². The normalized spacial score (nSPS) is 28.5. The first-order valence-electron chi connectivity index (χ1n) is 4.27. The van der Waals surface area contributed by atoms with E-state index in [1.807, 2.05) is 0 Å². The van der Waals surface area contributed by atoms with E-state index in [-0.39, 0.29) is 5.91 Å². The lowest BCUT2D eigenvalue weighted by molar-refractivity contribution is -0.123. The molecule has 12 heavy (non-hydrogen) atoms. The van der Waals surface area contributed by atoms with Crippen molar-refractivity contribution in [3.8, 4) is 0 Å². The maximum atomic E-state index is 11.0. The third kappa shape index (κ3) is 1.57. The molecule has 1 saturated carbocycles. The largest absolute Gasteiger partial charge is 0.436 e. The second kappa shape index (κ2) is 2.77. The number of hydrogen-bond donors (Lipinski definition) is 1. The van der Waals surface area contributed by atoms with E-state index in [0.29, 0.717) is 6.42 Å². The molecule has 66 valence electrons. The minimum Gasteiger partial charge on any atom is -0.436 e. The summed E-state index contributed by atoms with van der Waals surface area (Å²) in [4.78, 5) is 21.5. The molecular formula is C8H11NO3. The number of hydrogen-bond acceptors (Lipinski definition) is 3. The number of alkyl carbamates (subject to hydrolysis) is 1. The Morgan fingerprint density at radius 2 is 2.08 bits per heavy atom. The lowest BCUT2D eigenvalue weighted by Gasteiger charge is -2.03.